The molecule has 0 bridgehead atoms. The van der Waals surface area contributed by atoms with Gasteiger partial charge in [-0.05, 0) is 24.0 Å². The van der Waals surface area contributed by atoms with Crippen LogP contribution in [0.4, 0.5) is 0 Å². The van der Waals surface area contributed by atoms with Crippen molar-refractivity contribution in [2.75, 3.05) is 20.8 Å². The second-order valence-corrected chi connectivity index (χ2v) is 5.13. The van der Waals surface area contributed by atoms with E-state index in [1.165, 1.54) is 24.0 Å². The lowest BCUT2D eigenvalue weighted by molar-refractivity contribution is 0.0263. The molecule has 0 aromatic heterocycles. The highest BCUT2D eigenvalue weighted by atomic mass is 16.5. The van der Waals surface area contributed by atoms with Crippen LogP contribution in [0.25, 0.3) is 0 Å². The predicted octanol–water partition coefficient (Wildman–Crippen LogP) is 2.75. The summed E-state index contributed by atoms with van der Waals surface area (Å²) in [7, 11) is 3.42. The Kier molecular flexibility index (Phi) is 4.38. The van der Waals surface area contributed by atoms with E-state index in [0.29, 0.717) is 6.61 Å². The maximum atomic E-state index is 6.57. The summed E-state index contributed by atoms with van der Waals surface area (Å²) in [5.41, 5.74) is 8.79. The average molecular weight is 249 g/mol. The molecule has 0 amide bonds. The van der Waals surface area contributed by atoms with Gasteiger partial charge in [-0.3, -0.25) is 0 Å². The first kappa shape index (κ1) is 13.5. The summed E-state index contributed by atoms with van der Waals surface area (Å²) in [4.78, 5) is 0. The summed E-state index contributed by atoms with van der Waals surface area (Å²) in [6, 6.07) is 8.35. The van der Waals surface area contributed by atoms with E-state index in [4.69, 9.17) is 15.2 Å². The highest BCUT2D eigenvalue weighted by molar-refractivity contribution is 5.36. The number of benzene rings is 1. The molecule has 100 valence electrons. The molecule has 1 aliphatic carbocycles. The molecule has 2 rings (SSSR count). The first-order chi connectivity index (χ1) is 8.71. The molecule has 1 atom stereocenters. The minimum atomic E-state index is -0.179. The Morgan fingerprint density at radius 3 is 2.50 bits per heavy atom. The van der Waals surface area contributed by atoms with Crippen LogP contribution in [0.15, 0.2) is 24.3 Å². The molecule has 0 heterocycles. The summed E-state index contributed by atoms with van der Waals surface area (Å²) in [6.07, 6.45) is 4.52. The van der Waals surface area contributed by atoms with Crippen LogP contribution in [0.5, 0.6) is 0 Å². The molecule has 1 fully saturated rings. The van der Waals surface area contributed by atoms with E-state index in [2.05, 4.69) is 18.2 Å². The van der Waals surface area contributed by atoms with Crippen LogP contribution in [0.1, 0.15) is 42.9 Å². The third-order valence-corrected chi connectivity index (χ3v) is 3.94. The summed E-state index contributed by atoms with van der Waals surface area (Å²) in [5.74, 6) is 0. The highest BCUT2D eigenvalue weighted by Gasteiger charge is 2.34. The Hall–Kier alpha value is -0.900. The molecular weight excluding hydrogens is 226 g/mol. The molecule has 1 aromatic rings. The van der Waals surface area contributed by atoms with Gasteiger partial charge in [-0.15, -0.1) is 0 Å². The van der Waals surface area contributed by atoms with Crippen LogP contribution in [-0.2, 0) is 15.0 Å². The third-order valence-electron chi connectivity index (χ3n) is 3.94. The normalized spacial score (nSPS) is 19.9. The van der Waals surface area contributed by atoms with E-state index < -0.39 is 0 Å². The second kappa shape index (κ2) is 5.83. The minimum absolute atomic E-state index is 0.0350. The fraction of sp³-hybridized carbons (Fsp3) is 0.600. The van der Waals surface area contributed by atoms with Gasteiger partial charge < -0.3 is 15.2 Å². The van der Waals surface area contributed by atoms with Gasteiger partial charge >= 0.3 is 0 Å². The van der Waals surface area contributed by atoms with Gasteiger partial charge in [-0.25, -0.2) is 0 Å². The fourth-order valence-corrected chi connectivity index (χ4v) is 2.94. The van der Waals surface area contributed by atoms with Crippen molar-refractivity contribution in [3.8, 4) is 0 Å². The van der Waals surface area contributed by atoms with Crippen LogP contribution < -0.4 is 5.73 Å². The van der Waals surface area contributed by atoms with E-state index in [-0.39, 0.29) is 11.6 Å². The third kappa shape index (κ3) is 2.58. The Balaban J connectivity index is 2.35. The molecule has 1 unspecified atom stereocenters. The van der Waals surface area contributed by atoms with Crippen molar-refractivity contribution in [1.29, 1.82) is 0 Å². The van der Waals surface area contributed by atoms with E-state index in [1.54, 1.807) is 14.2 Å². The summed E-state index contributed by atoms with van der Waals surface area (Å²) in [5, 5.41) is 0. The van der Waals surface area contributed by atoms with Crippen LogP contribution >= 0.6 is 0 Å². The lowest BCUT2D eigenvalue weighted by Gasteiger charge is -2.29. The van der Waals surface area contributed by atoms with Crippen molar-refractivity contribution in [2.24, 2.45) is 5.73 Å². The van der Waals surface area contributed by atoms with Crippen molar-refractivity contribution < 1.29 is 9.47 Å². The molecule has 2 N–H and O–H groups in total. The lowest BCUT2D eigenvalue weighted by Crippen LogP contribution is -2.35. The first-order valence-corrected chi connectivity index (χ1v) is 6.61. The molecule has 0 saturated heterocycles. The summed E-state index contributed by atoms with van der Waals surface area (Å²) >= 11 is 0. The molecule has 3 nitrogen and oxygen atoms in total. The lowest BCUT2D eigenvalue weighted by atomic mass is 9.84. The van der Waals surface area contributed by atoms with Gasteiger partial charge in [0.05, 0.1) is 6.61 Å². The quantitative estimate of drug-likeness (QED) is 0.872. The molecule has 1 saturated carbocycles. The van der Waals surface area contributed by atoms with E-state index in [0.717, 1.165) is 12.8 Å². The molecule has 1 aromatic carbocycles. The Morgan fingerprint density at radius 2 is 1.89 bits per heavy atom. The number of ether oxygens (including phenoxy) is 2. The van der Waals surface area contributed by atoms with Crippen LogP contribution in [0, 0.1) is 0 Å². The van der Waals surface area contributed by atoms with Crippen LogP contribution in [-0.4, -0.2) is 20.8 Å². The van der Waals surface area contributed by atoms with Crippen molar-refractivity contribution in [3.05, 3.63) is 35.4 Å². The number of hydrogen-bond acceptors (Lipinski definition) is 3. The first-order valence-electron chi connectivity index (χ1n) is 6.61. The number of methoxy groups -OCH3 is 2. The minimum Gasteiger partial charge on any atom is -0.382 e. The number of hydrogen-bond donors (Lipinski definition) is 1. The zero-order valence-electron chi connectivity index (χ0n) is 11.3. The van der Waals surface area contributed by atoms with E-state index >= 15 is 0 Å². The van der Waals surface area contributed by atoms with Crippen molar-refractivity contribution in [2.45, 2.75) is 37.3 Å². The summed E-state index contributed by atoms with van der Waals surface area (Å²) in [6.45, 7) is 0.559. The average Bonchev–Trinajstić information content (AvgIpc) is 2.84. The topological polar surface area (TPSA) is 44.5 Å². The molecule has 0 aliphatic heterocycles. The van der Waals surface area contributed by atoms with Gasteiger partial charge in [-0.1, -0.05) is 37.1 Å². The van der Waals surface area contributed by atoms with Gasteiger partial charge in [0.25, 0.3) is 0 Å². The number of nitrogens with two attached hydrogens (primary N) is 1. The maximum absolute atomic E-state index is 6.57. The number of rotatable bonds is 5. The molecule has 18 heavy (non-hydrogen) atoms. The van der Waals surface area contributed by atoms with E-state index in [9.17, 15) is 0 Å². The molecule has 1 aliphatic rings. The SMILES string of the molecule is COCC(OC)c1ccccc1C1(N)CCCC1. The Morgan fingerprint density at radius 1 is 1.22 bits per heavy atom. The molecule has 0 radical (unpaired) electrons. The zero-order valence-corrected chi connectivity index (χ0v) is 11.3. The van der Waals surface area contributed by atoms with Crippen molar-refractivity contribution >= 4 is 0 Å². The molecular formula is C15H23NO2. The van der Waals surface area contributed by atoms with Gasteiger partial charge in [0.2, 0.25) is 0 Å². The fourth-order valence-electron chi connectivity index (χ4n) is 2.94. The smallest absolute Gasteiger partial charge is 0.106 e. The van der Waals surface area contributed by atoms with Gasteiger partial charge in [0, 0.05) is 19.8 Å². The zero-order chi connectivity index (χ0) is 13.0. The molecule has 3 heteroatoms. The van der Waals surface area contributed by atoms with Gasteiger partial charge in [0.1, 0.15) is 6.10 Å². The Labute approximate surface area is 109 Å². The van der Waals surface area contributed by atoms with Crippen molar-refractivity contribution in [3.63, 3.8) is 0 Å². The maximum Gasteiger partial charge on any atom is 0.106 e. The van der Waals surface area contributed by atoms with E-state index in [1.807, 2.05) is 6.07 Å². The standard InChI is InChI=1S/C15H23NO2/c1-17-11-14(18-2)12-7-3-4-8-13(12)15(16)9-5-6-10-15/h3-4,7-8,14H,5-6,9-11,16H2,1-2H3. The monoisotopic (exact) mass is 249 g/mol. The second-order valence-electron chi connectivity index (χ2n) is 5.13. The largest absolute Gasteiger partial charge is 0.382 e. The Bertz CT molecular complexity index is 386. The summed E-state index contributed by atoms with van der Waals surface area (Å²) < 4.78 is 10.8. The van der Waals surface area contributed by atoms with Crippen molar-refractivity contribution in [1.82, 2.24) is 0 Å². The van der Waals surface area contributed by atoms with Gasteiger partial charge in [-0.2, -0.15) is 0 Å². The van der Waals surface area contributed by atoms with Crippen LogP contribution in [0.3, 0.4) is 0 Å². The van der Waals surface area contributed by atoms with Gasteiger partial charge in [0.15, 0.2) is 0 Å². The predicted molar refractivity (Wildman–Crippen MR) is 72.4 cm³/mol. The van der Waals surface area contributed by atoms with Crippen LogP contribution in [0.2, 0.25) is 0 Å². The molecule has 0 spiro atoms. The highest BCUT2D eigenvalue weighted by Crippen LogP contribution is 2.39.